The van der Waals surface area contributed by atoms with E-state index in [1.165, 1.54) is 66.8 Å². The molecule has 22 rings (SSSR count). The number of hydrogen-bond acceptors (Lipinski definition) is 4. The van der Waals surface area contributed by atoms with Gasteiger partial charge in [-0.3, -0.25) is 0 Å². The van der Waals surface area contributed by atoms with E-state index in [-0.39, 0.29) is 0 Å². The average molecular weight is 1480 g/mol. The fourth-order valence-electron chi connectivity index (χ4n) is 19.6. The molecule has 0 aliphatic heterocycles. The molecule has 0 atom stereocenters. The first-order valence-electron chi connectivity index (χ1n) is 40.1. The molecule has 2 heterocycles. The van der Waals surface area contributed by atoms with Crippen molar-refractivity contribution in [2.24, 2.45) is 0 Å². The molecule has 0 spiro atoms. The Labute approximate surface area is 675 Å². The minimum absolute atomic E-state index is 0.520. The Hall–Kier alpha value is -14.8. The van der Waals surface area contributed by atoms with Gasteiger partial charge in [-0.1, -0.05) is 340 Å². The molecular weight excluding hydrogens is 1410 g/mol. The van der Waals surface area contributed by atoms with E-state index in [0.717, 1.165) is 145 Å². The molecular formula is C112H76N2O2. The van der Waals surface area contributed by atoms with Crippen LogP contribution in [0.2, 0.25) is 0 Å². The van der Waals surface area contributed by atoms with Gasteiger partial charge in [-0.05, 0) is 210 Å². The summed E-state index contributed by atoms with van der Waals surface area (Å²) in [5, 5.41) is 4.37. The van der Waals surface area contributed by atoms with Crippen LogP contribution in [0, 0.1) is 13.8 Å². The van der Waals surface area contributed by atoms with Crippen LogP contribution >= 0.6 is 0 Å². The highest BCUT2D eigenvalue weighted by Gasteiger charge is 2.48. The van der Waals surface area contributed by atoms with Gasteiger partial charge in [-0.25, -0.2) is 0 Å². The molecule has 0 bridgehead atoms. The quantitative estimate of drug-likeness (QED) is 0.102. The van der Waals surface area contributed by atoms with Crippen molar-refractivity contribution in [2.75, 3.05) is 9.80 Å². The second-order valence-electron chi connectivity index (χ2n) is 30.9. The zero-order chi connectivity index (χ0) is 77.0. The van der Waals surface area contributed by atoms with Gasteiger partial charge in [0.1, 0.15) is 22.3 Å². The highest BCUT2D eigenvalue weighted by atomic mass is 16.3. The minimum Gasteiger partial charge on any atom is -0.455 e. The molecule has 116 heavy (non-hydrogen) atoms. The van der Waals surface area contributed by atoms with Crippen LogP contribution in [0.15, 0.2) is 433 Å². The molecule has 546 valence electrons. The first-order chi connectivity index (χ1) is 57.4. The molecule has 4 nitrogen and oxygen atoms in total. The van der Waals surface area contributed by atoms with Gasteiger partial charge in [0, 0.05) is 66.5 Å². The Kier molecular flexibility index (Phi) is 16.1. The van der Waals surface area contributed by atoms with Gasteiger partial charge in [-0.2, -0.15) is 0 Å². The predicted octanol–water partition coefficient (Wildman–Crippen LogP) is 30.1. The Morgan fingerprint density at radius 1 is 0.198 bits per heavy atom. The van der Waals surface area contributed by atoms with Crippen LogP contribution in [0.3, 0.4) is 0 Å². The van der Waals surface area contributed by atoms with Crippen LogP contribution in [0.4, 0.5) is 34.1 Å². The number of fused-ring (bicyclic) bond motifs is 12. The van der Waals surface area contributed by atoms with Crippen LogP contribution < -0.4 is 9.80 Å². The van der Waals surface area contributed by atoms with E-state index in [0.29, 0.717) is 0 Å². The maximum Gasteiger partial charge on any atom is 0.143 e. The molecule has 18 aromatic carbocycles. The van der Waals surface area contributed by atoms with Crippen molar-refractivity contribution in [2.45, 2.75) is 24.7 Å². The number of nitrogens with zero attached hydrogens (tertiary/aromatic N) is 2. The van der Waals surface area contributed by atoms with Crippen molar-refractivity contribution >= 4 is 78.0 Å². The molecule has 0 saturated heterocycles. The first-order valence-corrected chi connectivity index (χ1v) is 40.1. The smallest absolute Gasteiger partial charge is 0.143 e. The molecule has 0 saturated carbocycles. The fourth-order valence-corrected chi connectivity index (χ4v) is 19.6. The Morgan fingerprint density at radius 2 is 0.491 bits per heavy atom. The third-order valence-electron chi connectivity index (χ3n) is 24.7. The average Bonchev–Trinajstić information content (AvgIpc) is 1.54. The van der Waals surface area contributed by atoms with E-state index in [1.807, 2.05) is 12.1 Å². The van der Waals surface area contributed by atoms with E-state index in [4.69, 9.17) is 8.83 Å². The summed E-state index contributed by atoms with van der Waals surface area (Å²) in [5.74, 6) is 0. The summed E-state index contributed by atoms with van der Waals surface area (Å²) in [6, 6.07) is 156. The van der Waals surface area contributed by atoms with Crippen LogP contribution in [-0.2, 0) is 10.8 Å². The lowest BCUT2D eigenvalue weighted by molar-refractivity contribution is 0.669. The second-order valence-corrected chi connectivity index (χ2v) is 30.9. The lowest BCUT2D eigenvalue weighted by Crippen LogP contribution is -2.28. The fraction of sp³-hybridized carbons (Fsp3) is 0.0357. The number of para-hydroxylation sites is 6. The van der Waals surface area contributed by atoms with E-state index in [9.17, 15) is 0 Å². The normalized spacial score (nSPS) is 12.9. The van der Waals surface area contributed by atoms with E-state index in [2.05, 4.69) is 436 Å². The topological polar surface area (TPSA) is 32.8 Å². The number of anilines is 6. The second kappa shape index (κ2) is 27.5. The Balaban J connectivity index is 0.659. The third kappa shape index (κ3) is 10.7. The molecule has 20 aromatic rings. The summed E-state index contributed by atoms with van der Waals surface area (Å²) in [5.41, 5.74) is 37.1. The van der Waals surface area contributed by atoms with E-state index in [1.54, 1.807) is 0 Å². The van der Waals surface area contributed by atoms with E-state index >= 15 is 0 Å². The van der Waals surface area contributed by atoms with Gasteiger partial charge in [0.15, 0.2) is 0 Å². The molecule has 0 amide bonds. The first kappa shape index (κ1) is 68.0. The number of furan rings is 2. The summed E-state index contributed by atoms with van der Waals surface area (Å²) in [6.07, 6.45) is 0. The molecule has 0 fully saturated rings. The molecule has 0 N–H and O–H groups in total. The van der Waals surface area contributed by atoms with Crippen molar-refractivity contribution in [3.8, 4) is 77.9 Å². The summed E-state index contributed by atoms with van der Waals surface area (Å²) in [7, 11) is 0. The monoisotopic (exact) mass is 1480 g/mol. The third-order valence-corrected chi connectivity index (χ3v) is 24.7. The maximum absolute atomic E-state index is 6.84. The summed E-state index contributed by atoms with van der Waals surface area (Å²) in [6.45, 7) is 4.52. The molecule has 0 unspecified atom stereocenters. The molecule has 2 aliphatic rings. The van der Waals surface area contributed by atoms with Crippen molar-refractivity contribution in [3.63, 3.8) is 0 Å². The van der Waals surface area contributed by atoms with Gasteiger partial charge >= 0.3 is 0 Å². The van der Waals surface area contributed by atoms with E-state index < -0.39 is 10.8 Å². The lowest BCUT2D eigenvalue weighted by Gasteiger charge is -2.34. The van der Waals surface area contributed by atoms with Crippen molar-refractivity contribution in [1.29, 1.82) is 0 Å². The van der Waals surface area contributed by atoms with Crippen LogP contribution in [0.25, 0.3) is 122 Å². The van der Waals surface area contributed by atoms with Gasteiger partial charge in [0.05, 0.1) is 22.2 Å². The highest BCUT2D eigenvalue weighted by Crippen LogP contribution is 2.60. The number of benzene rings is 18. The Morgan fingerprint density at radius 3 is 0.879 bits per heavy atom. The van der Waals surface area contributed by atoms with Crippen molar-refractivity contribution < 1.29 is 8.83 Å². The van der Waals surface area contributed by atoms with Gasteiger partial charge in [-0.15, -0.1) is 0 Å². The predicted molar refractivity (Wildman–Crippen MR) is 482 cm³/mol. The van der Waals surface area contributed by atoms with Crippen molar-refractivity contribution in [3.05, 3.63) is 480 Å². The molecule has 4 heteroatoms. The zero-order valence-corrected chi connectivity index (χ0v) is 64.1. The molecule has 2 aromatic heterocycles. The van der Waals surface area contributed by atoms with Gasteiger partial charge < -0.3 is 18.6 Å². The van der Waals surface area contributed by atoms with Gasteiger partial charge in [0.2, 0.25) is 0 Å². The number of rotatable bonds is 15. The number of aryl methyl sites for hydroxylation is 2. The maximum atomic E-state index is 6.84. The Bertz CT molecular complexity index is 6710. The van der Waals surface area contributed by atoms with Crippen LogP contribution in [0.1, 0.15) is 55.6 Å². The van der Waals surface area contributed by atoms with Crippen LogP contribution in [-0.4, -0.2) is 0 Å². The molecule has 0 radical (unpaired) electrons. The van der Waals surface area contributed by atoms with Gasteiger partial charge in [0.25, 0.3) is 0 Å². The summed E-state index contributed by atoms with van der Waals surface area (Å²) in [4.78, 5) is 4.89. The van der Waals surface area contributed by atoms with Crippen molar-refractivity contribution in [1.82, 2.24) is 0 Å². The highest BCUT2D eigenvalue weighted by molar-refractivity contribution is 6.13. The minimum atomic E-state index is -0.520. The summed E-state index contributed by atoms with van der Waals surface area (Å²) < 4.78 is 13.7. The summed E-state index contributed by atoms with van der Waals surface area (Å²) >= 11 is 0. The number of hydrogen-bond donors (Lipinski definition) is 0. The standard InChI is InChI=1S/C112H76N2O2/c1-73-69-77(59-67-103(73)113(105-49-23-17-39-91(105)95-43-27-45-97-93-41-19-25-51-107(93)115-109(95)97)85-61-53-75(54-62-85)79-57-65-89-87-37-15-21-47-99(87)111(101(89)71-79,81-29-7-3-8-30-81)82-31-9-4-10-32-82)78-60-68-104(74(2)70-78)114(106-50-24-18-40-92(106)96-44-28-46-98-94-42-20-26-52-108(94)116-110(96)98)86-63-55-76(56-64-86)80-58-66-90-88-38-16-22-48-100(88)112(102(90)72-80,83-33-11-5-12-34-83)84-35-13-6-14-36-84/h3-72H,1-2H3. The van der Waals surface area contributed by atoms with Crippen LogP contribution in [0.5, 0.6) is 0 Å². The SMILES string of the molecule is Cc1cc(-c2ccc(N(c3ccc(-c4ccc5c(c4)C(c4ccccc4)(c4ccccc4)c4ccccc4-5)cc3)c3ccccc3-c3cccc4c3oc3ccccc34)c(C)c2)ccc1N(c1ccc(-c2ccc3c(c2)C(c2ccccc2)(c2ccccc2)c2ccccc2-3)cc1)c1ccccc1-c1cccc2c1oc1ccccc12. The zero-order valence-electron chi connectivity index (χ0n) is 64.1. The largest absolute Gasteiger partial charge is 0.455 e. The lowest BCUT2D eigenvalue weighted by atomic mass is 9.67. The molecule has 2 aliphatic carbocycles.